The average Bonchev–Trinajstić information content (AvgIpc) is 3.51. The molecule has 0 amide bonds. The third-order valence-electron chi connectivity index (χ3n) is 7.17. The molecule has 0 aliphatic carbocycles. The van der Waals surface area contributed by atoms with Gasteiger partial charge in [-0.2, -0.15) is 4.52 Å². The van der Waals surface area contributed by atoms with Gasteiger partial charge in [0.1, 0.15) is 17.1 Å². The van der Waals surface area contributed by atoms with E-state index in [1.165, 1.54) is 11.3 Å². The van der Waals surface area contributed by atoms with Crippen molar-refractivity contribution >= 4 is 28.3 Å². The minimum atomic E-state index is 0.306. The second-order valence-electron chi connectivity index (χ2n) is 9.25. The van der Waals surface area contributed by atoms with Gasteiger partial charge in [-0.05, 0) is 30.3 Å². The molecule has 0 saturated carbocycles. The van der Waals surface area contributed by atoms with Crippen LogP contribution in [0.1, 0.15) is 24.0 Å². The van der Waals surface area contributed by atoms with Crippen molar-refractivity contribution < 1.29 is 4.74 Å². The van der Waals surface area contributed by atoms with Gasteiger partial charge in [0, 0.05) is 57.6 Å². The number of anilines is 2. The molecule has 3 aromatic heterocycles. The maximum atomic E-state index is 6.19. The number of nitrogens with two attached hydrogens (primary N) is 1. The SMILES string of the molecule is CCN1CCN(c2ccc3c(n2)CN(CCc2nc4c5cccc(OC)c5nc(N)n4n2)C3)CC1. The van der Waals surface area contributed by atoms with Gasteiger partial charge in [-0.1, -0.05) is 19.1 Å². The highest BCUT2D eigenvalue weighted by atomic mass is 16.5. The first kappa shape index (κ1) is 22.0. The van der Waals surface area contributed by atoms with E-state index < -0.39 is 0 Å². The van der Waals surface area contributed by atoms with Crippen LogP contribution in [0.5, 0.6) is 5.75 Å². The van der Waals surface area contributed by atoms with E-state index in [1.54, 1.807) is 11.6 Å². The van der Waals surface area contributed by atoms with Crippen LogP contribution in [-0.2, 0) is 19.5 Å². The second-order valence-corrected chi connectivity index (χ2v) is 9.25. The summed E-state index contributed by atoms with van der Waals surface area (Å²) in [7, 11) is 1.63. The lowest BCUT2D eigenvalue weighted by atomic mass is 10.2. The first-order valence-electron chi connectivity index (χ1n) is 12.3. The zero-order chi connectivity index (χ0) is 23.9. The van der Waals surface area contributed by atoms with Crippen molar-refractivity contribution in [2.75, 3.05) is 57.0 Å². The summed E-state index contributed by atoms with van der Waals surface area (Å²) in [6.07, 6.45) is 0.729. The van der Waals surface area contributed by atoms with Gasteiger partial charge >= 0.3 is 0 Å². The Morgan fingerprint density at radius 3 is 2.63 bits per heavy atom. The van der Waals surface area contributed by atoms with Crippen molar-refractivity contribution in [3.63, 3.8) is 0 Å². The van der Waals surface area contributed by atoms with E-state index >= 15 is 0 Å². The summed E-state index contributed by atoms with van der Waals surface area (Å²) in [4.78, 5) is 21.6. The number of nitrogens with zero attached hydrogens (tertiary/aromatic N) is 8. The van der Waals surface area contributed by atoms with E-state index in [0.717, 1.165) is 75.8 Å². The monoisotopic (exact) mass is 473 g/mol. The van der Waals surface area contributed by atoms with Gasteiger partial charge < -0.3 is 20.3 Å². The molecule has 0 bridgehead atoms. The molecule has 1 saturated heterocycles. The maximum Gasteiger partial charge on any atom is 0.223 e. The smallest absolute Gasteiger partial charge is 0.223 e. The number of benzene rings is 1. The number of pyridine rings is 1. The minimum absolute atomic E-state index is 0.306. The number of rotatable bonds is 6. The summed E-state index contributed by atoms with van der Waals surface area (Å²) >= 11 is 0. The van der Waals surface area contributed by atoms with E-state index in [0.29, 0.717) is 22.9 Å². The largest absolute Gasteiger partial charge is 0.494 e. The van der Waals surface area contributed by atoms with Crippen LogP contribution in [0.4, 0.5) is 11.8 Å². The zero-order valence-electron chi connectivity index (χ0n) is 20.3. The van der Waals surface area contributed by atoms with Crippen LogP contribution < -0.4 is 15.4 Å². The average molecular weight is 474 g/mol. The zero-order valence-corrected chi connectivity index (χ0v) is 20.3. The Morgan fingerprint density at radius 1 is 0.971 bits per heavy atom. The molecule has 10 nitrogen and oxygen atoms in total. The predicted molar refractivity (Wildman–Crippen MR) is 136 cm³/mol. The number of hydrogen-bond donors (Lipinski definition) is 1. The summed E-state index contributed by atoms with van der Waals surface area (Å²) < 4.78 is 7.07. The summed E-state index contributed by atoms with van der Waals surface area (Å²) in [5.41, 5.74) is 10.1. The number of ether oxygens (including phenoxy) is 1. The van der Waals surface area contributed by atoms with Gasteiger partial charge in [-0.15, -0.1) is 5.10 Å². The lowest BCUT2D eigenvalue weighted by molar-refractivity contribution is 0.270. The molecule has 2 aliphatic heterocycles. The molecule has 2 N–H and O–H groups in total. The Hall–Kier alpha value is -3.50. The van der Waals surface area contributed by atoms with Gasteiger partial charge in [-0.25, -0.2) is 15.0 Å². The van der Waals surface area contributed by atoms with E-state index in [4.69, 9.17) is 20.4 Å². The van der Waals surface area contributed by atoms with Gasteiger partial charge in [-0.3, -0.25) is 4.90 Å². The molecular formula is C25H31N9O. The first-order valence-corrected chi connectivity index (χ1v) is 12.3. The van der Waals surface area contributed by atoms with Gasteiger partial charge in [0.15, 0.2) is 11.5 Å². The molecule has 1 fully saturated rings. The summed E-state index contributed by atoms with van der Waals surface area (Å²) in [6, 6.07) is 10.2. The highest BCUT2D eigenvalue weighted by molar-refractivity contribution is 5.95. The van der Waals surface area contributed by atoms with Crippen molar-refractivity contribution in [2.24, 2.45) is 0 Å². The molecular weight excluding hydrogens is 442 g/mol. The van der Waals surface area contributed by atoms with Crippen molar-refractivity contribution in [3.8, 4) is 5.75 Å². The number of para-hydroxylation sites is 1. The number of likely N-dealkylation sites (N-methyl/N-ethyl adjacent to an activating group) is 1. The standard InChI is InChI=1S/C25H31N9O/c1-3-31-11-13-33(14-12-31)22-8-7-17-15-32(16-19(17)27-22)10-9-21-28-24-18-5-4-6-20(35-2)23(18)29-25(26)34(24)30-21/h4-8H,3,9-16H2,1-2H3,(H2,26,29). The third kappa shape index (κ3) is 4.02. The van der Waals surface area contributed by atoms with E-state index in [9.17, 15) is 0 Å². The number of aromatic nitrogens is 5. The molecule has 0 radical (unpaired) electrons. The van der Waals surface area contributed by atoms with Crippen LogP contribution in [0.15, 0.2) is 30.3 Å². The number of fused-ring (bicyclic) bond motifs is 4. The lowest BCUT2D eigenvalue weighted by Gasteiger charge is -2.34. The first-order chi connectivity index (χ1) is 17.1. The van der Waals surface area contributed by atoms with Crippen LogP contribution in [0.25, 0.3) is 16.6 Å². The fraction of sp³-hybridized carbons (Fsp3) is 0.440. The molecule has 6 rings (SSSR count). The van der Waals surface area contributed by atoms with Crippen LogP contribution in [0, 0.1) is 0 Å². The third-order valence-corrected chi connectivity index (χ3v) is 7.17. The summed E-state index contributed by atoms with van der Waals surface area (Å²) in [6.45, 7) is 10.3. The van der Waals surface area contributed by atoms with Crippen molar-refractivity contribution in [2.45, 2.75) is 26.4 Å². The highest BCUT2D eigenvalue weighted by Gasteiger charge is 2.24. The molecule has 0 spiro atoms. The molecule has 182 valence electrons. The number of piperazine rings is 1. The van der Waals surface area contributed by atoms with Gasteiger partial charge in [0.25, 0.3) is 0 Å². The fourth-order valence-electron chi connectivity index (χ4n) is 5.13. The van der Waals surface area contributed by atoms with Crippen molar-refractivity contribution in [1.29, 1.82) is 0 Å². The summed E-state index contributed by atoms with van der Waals surface area (Å²) in [5.74, 6) is 2.84. The predicted octanol–water partition coefficient (Wildman–Crippen LogP) is 1.96. The Labute approximate surface area is 204 Å². The Kier molecular flexibility index (Phi) is 5.62. The lowest BCUT2D eigenvalue weighted by Crippen LogP contribution is -2.46. The van der Waals surface area contributed by atoms with Crippen LogP contribution in [0.2, 0.25) is 0 Å². The number of methoxy groups -OCH3 is 1. The minimum Gasteiger partial charge on any atom is -0.494 e. The molecule has 4 aromatic rings. The number of hydrogen-bond acceptors (Lipinski definition) is 9. The molecule has 10 heteroatoms. The van der Waals surface area contributed by atoms with Crippen LogP contribution in [-0.4, -0.2) is 80.7 Å². The van der Waals surface area contributed by atoms with E-state index in [2.05, 4.69) is 43.8 Å². The fourth-order valence-corrected chi connectivity index (χ4v) is 5.13. The Morgan fingerprint density at radius 2 is 1.83 bits per heavy atom. The topological polar surface area (TPSA) is 101 Å². The van der Waals surface area contributed by atoms with E-state index in [1.807, 2.05) is 18.2 Å². The summed E-state index contributed by atoms with van der Waals surface area (Å²) in [5, 5.41) is 5.52. The van der Waals surface area contributed by atoms with E-state index in [-0.39, 0.29) is 0 Å². The van der Waals surface area contributed by atoms with Crippen LogP contribution in [0.3, 0.4) is 0 Å². The Bertz CT molecular complexity index is 1380. The molecule has 5 heterocycles. The number of nitrogen functional groups attached to an aromatic ring is 1. The van der Waals surface area contributed by atoms with Gasteiger partial charge in [0.05, 0.1) is 12.8 Å². The van der Waals surface area contributed by atoms with Crippen molar-refractivity contribution in [1.82, 2.24) is 34.4 Å². The maximum absolute atomic E-state index is 6.19. The quantitative estimate of drug-likeness (QED) is 0.450. The Balaban J connectivity index is 1.15. The molecule has 2 aliphatic rings. The van der Waals surface area contributed by atoms with Crippen molar-refractivity contribution in [3.05, 3.63) is 47.4 Å². The highest BCUT2D eigenvalue weighted by Crippen LogP contribution is 2.28. The second kappa shape index (κ2) is 8.94. The molecule has 35 heavy (non-hydrogen) atoms. The molecule has 0 unspecified atom stereocenters. The van der Waals surface area contributed by atoms with Gasteiger partial charge in [0.2, 0.25) is 5.95 Å². The van der Waals surface area contributed by atoms with Crippen LogP contribution >= 0.6 is 0 Å². The normalized spacial score (nSPS) is 16.9. The molecule has 0 atom stereocenters. The molecule has 1 aromatic carbocycles.